The van der Waals surface area contributed by atoms with Crippen LogP contribution in [0.1, 0.15) is 30.5 Å². The van der Waals surface area contributed by atoms with Gasteiger partial charge in [0.25, 0.3) is 10.0 Å². The number of methoxy groups -OCH3 is 1. The van der Waals surface area contributed by atoms with E-state index in [0.29, 0.717) is 27.0 Å². The predicted octanol–water partition coefficient (Wildman–Crippen LogP) is 6.67. The van der Waals surface area contributed by atoms with Crippen molar-refractivity contribution >= 4 is 50.7 Å². The number of carbonyl (C=O) groups is 2. The molecule has 0 fully saturated rings. The van der Waals surface area contributed by atoms with E-state index >= 15 is 0 Å². The fourth-order valence-corrected chi connectivity index (χ4v) is 6.62. The summed E-state index contributed by atoms with van der Waals surface area (Å²) in [5.74, 6) is -0.458. The van der Waals surface area contributed by atoms with E-state index in [1.807, 2.05) is 51.1 Å². The van der Waals surface area contributed by atoms with Crippen molar-refractivity contribution < 1.29 is 22.7 Å². The number of carbonyl (C=O) groups excluding carboxylic acids is 2. The summed E-state index contributed by atoms with van der Waals surface area (Å²) in [5, 5.41) is 3.58. The van der Waals surface area contributed by atoms with Crippen LogP contribution < -0.4 is 14.4 Å². The van der Waals surface area contributed by atoms with Crippen molar-refractivity contribution in [1.82, 2.24) is 10.2 Å². The minimum Gasteiger partial charge on any atom is -0.497 e. The topological polar surface area (TPSA) is 96.0 Å². The van der Waals surface area contributed by atoms with Crippen LogP contribution in [0.4, 0.5) is 5.69 Å². The summed E-state index contributed by atoms with van der Waals surface area (Å²) in [5.41, 5.74) is 2.68. The molecule has 1 N–H and O–H groups in total. The molecule has 4 aromatic carbocycles. The first-order valence-electron chi connectivity index (χ1n) is 14.7. The van der Waals surface area contributed by atoms with E-state index < -0.39 is 28.5 Å². The number of sulfonamides is 1. The highest BCUT2D eigenvalue weighted by atomic mass is 35.5. The van der Waals surface area contributed by atoms with Gasteiger partial charge in [-0.3, -0.25) is 13.9 Å². The summed E-state index contributed by atoms with van der Waals surface area (Å²) in [4.78, 5) is 29.7. The molecule has 0 aliphatic rings. The van der Waals surface area contributed by atoms with Gasteiger partial charge in [0, 0.05) is 19.0 Å². The number of aryl methyl sites for hydroxylation is 1. The average molecular weight is 683 g/mol. The van der Waals surface area contributed by atoms with E-state index in [-0.39, 0.29) is 29.8 Å². The molecule has 1 atom stereocenters. The highest BCUT2D eigenvalue weighted by Crippen LogP contribution is 2.28. The Morgan fingerprint density at radius 1 is 0.848 bits per heavy atom. The maximum Gasteiger partial charge on any atom is 0.264 e. The number of hydrogen-bond donors (Lipinski definition) is 1. The van der Waals surface area contributed by atoms with Crippen LogP contribution in [-0.4, -0.2) is 50.9 Å². The predicted molar refractivity (Wildman–Crippen MR) is 183 cm³/mol. The highest BCUT2D eigenvalue weighted by Gasteiger charge is 2.35. The standard InChI is InChI=1S/C35H37Cl2N3O5S/c1-24(2)38-35(42)33(21-26-8-6-5-7-9-26)39(22-27-12-19-31(36)32(37)20-27)34(41)23-40(28-13-10-25(3)11-14-28)46(43,44)30-17-15-29(45-4)16-18-30/h5-20,24,33H,21-23H2,1-4H3,(H,38,42). The molecule has 0 radical (unpaired) electrons. The molecule has 242 valence electrons. The minimum absolute atomic E-state index is 0.0175. The summed E-state index contributed by atoms with van der Waals surface area (Å²) in [6, 6.07) is 26.0. The Morgan fingerprint density at radius 2 is 1.50 bits per heavy atom. The van der Waals surface area contributed by atoms with E-state index in [2.05, 4.69) is 5.32 Å². The highest BCUT2D eigenvalue weighted by molar-refractivity contribution is 7.92. The van der Waals surface area contributed by atoms with Crippen molar-refractivity contribution in [2.75, 3.05) is 18.0 Å². The lowest BCUT2D eigenvalue weighted by Gasteiger charge is -2.34. The first-order chi connectivity index (χ1) is 21.9. The number of amides is 2. The third-order valence-corrected chi connectivity index (χ3v) is 9.81. The molecule has 2 amide bonds. The van der Waals surface area contributed by atoms with Crippen LogP contribution in [-0.2, 0) is 32.6 Å². The quantitative estimate of drug-likeness (QED) is 0.170. The van der Waals surface area contributed by atoms with Gasteiger partial charge >= 0.3 is 0 Å². The first kappa shape index (κ1) is 34.8. The molecular formula is C35H37Cl2N3O5S. The number of rotatable bonds is 13. The van der Waals surface area contributed by atoms with Crippen LogP contribution in [0.2, 0.25) is 10.0 Å². The molecular weight excluding hydrogens is 645 g/mol. The Bertz CT molecular complexity index is 1750. The van der Waals surface area contributed by atoms with Gasteiger partial charge in [0.2, 0.25) is 11.8 Å². The summed E-state index contributed by atoms with van der Waals surface area (Å²) in [7, 11) is -2.75. The number of hydrogen-bond acceptors (Lipinski definition) is 5. The molecule has 0 saturated carbocycles. The molecule has 0 aliphatic heterocycles. The van der Waals surface area contributed by atoms with Crippen molar-refractivity contribution in [3.63, 3.8) is 0 Å². The summed E-state index contributed by atoms with van der Waals surface area (Å²) in [6.45, 7) is 4.96. The third kappa shape index (κ3) is 8.81. The summed E-state index contributed by atoms with van der Waals surface area (Å²) < 4.78 is 34.6. The molecule has 0 saturated heterocycles. The number of benzene rings is 4. The van der Waals surface area contributed by atoms with Gasteiger partial charge in [0.05, 0.1) is 27.7 Å². The van der Waals surface area contributed by atoms with Crippen LogP contribution in [0.15, 0.2) is 102 Å². The molecule has 1 unspecified atom stereocenters. The zero-order valence-electron chi connectivity index (χ0n) is 26.1. The number of halogens is 2. The number of nitrogens with zero attached hydrogens (tertiary/aromatic N) is 2. The van der Waals surface area contributed by atoms with Crippen molar-refractivity contribution in [3.05, 3.63) is 124 Å². The second-order valence-corrected chi connectivity index (χ2v) is 13.8. The Kier molecular flexibility index (Phi) is 11.7. The molecule has 46 heavy (non-hydrogen) atoms. The molecule has 4 aromatic rings. The number of ether oxygens (including phenoxy) is 1. The van der Waals surface area contributed by atoms with Crippen molar-refractivity contribution in [3.8, 4) is 5.75 Å². The monoisotopic (exact) mass is 681 g/mol. The van der Waals surface area contributed by atoms with E-state index in [4.69, 9.17) is 27.9 Å². The maximum atomic E-state index is 14.5. The van der Waals surface area contributed by atoms with Gasteiger partial charge in [0.1, 0.15) is 18.3 Å². The Balaban J connectivity index is 1.81. The molecule has 0 aliphatic carbocycles. The maximum absolute atomic E-state index is 14.5. The van der Waals surface area contributed by atoms with Crippen molar-refractivity contribution in [2.45, 2.75) is 50.7 Å². The lowest BCUT2D eigenvalue weighted by atomic mass is 10.0. The third-order valence-electron chi connectivity index (χ3n) is 7.29. The van der Waals surface area contributed by atoms with Gasteiger partial charge in [-0.25, -0.2) is 8.42 Å². The van der Waals surface area contributed by atoms with Gasteiger partial charge < -0.3 is 15.0 Å². The van der Waals surface area contributed by atoms with E-state index in [1.54, 1.807) is 54.6 Å². The normalized spacial score (nSPS) is 12.0. The van der Waals surface area contributed by atoms with Gasteiger partial charge in [-0.05, 0) is 80.4 Å². The Morgan fingerprint density at radius 3 is 2.09 bits per heavy atom. The molecule has 0 aromatic heterocycles. The second kappa shape index (κ2) is 15.5. The molecule has 0 bridgehead atoms. The van der Waals surface area contributed by atoms with Crippen molar-refractivity contribution in [1.29, 1.82) is 0 Å². The van der Waals surface area contributed by atoms with Crippen LogP contribution in [0.5, 0.6) is 5.75 Å². The van der Waals surface area contributed by atoms with Crippen LogP contribution in [0.25, 0.3) is 0 Å². The Hall–Kier alpha value is -4.05. The SMILES string of the molecule is COc1ccc(S(=O)(=O)N(CC(=O)N(Cc2ccc(Cl)c(Cl)c2)C(Cc2ccccc2)C(=O)NC(C)C)c2ccc(C)cc2)cc1. The van der Waals surface area contributed by atoms with E-state index in [1.165, 1.54) is 24.1 Å². The van der Waals surface area contributed by atoms with Crippen molar-refractivity contribution in [2.24, 2.45) is 0 Å². The van der Waals surface area contributed by atoms with E-state index in [0.717, 1.165) is 15.4 Å². The fraction of sp³-hybridized carbons (Fsp3) is 0.257. The largest absolute Gasteiger partial charge is 0.497 e. The zero-order valence-corrected chi connectivity index (χ0v) is 28.4. The van der Waals surface area contributed by atoms with Gasteiger partial charge in [-0.2, -0.15) is 0 Å². The Labute approximate surface area is 280 Å². The molecule has 11 heteroatoms. The smallest absolute Gasteiger partial charge is 0.264 e. The molecule has 0 heterocycles. The number of anilines is 1. The molecule has 0 spiro atoms. The van der Waals surface area contributed by atoms with E-state index in [9.17, 15) is 18.0 Å². The average Bonchev–Trinajstić information content (AvgIpc) is 3.03. The second-order valence-electron chi connectivity index (χ2n) is 11.2. The number of nitrogens with one attached hydrogen (secondary N) is 1. The van der Waals surface area contributed by atoms with Gasteiger partial charge in [-0.15, -0.1) is 0 Å². The summed E-state index contributed by atoms with van der Waals surface area (Å²) in [6.07, 6.45) is 0.197. The van der Waals surface area contributed by atoms with Crippen LogP contribution in [0.3, 0.4) is 0 Å². The fourth-order valence-electron chi connectivity index (χ4n) is 4.88. The van der Waals surface area contributed by atoms with Gasteiger partial charge in [0.15, 0.2) is 0 Å². The zero-order chi connectivity index (χ0) is 33.4. The first-order valence-corrected chi connectivity index (χ1v) is 16.9. The van der Waals surface area contributed by atoms with Crippen LogP contribution in [0, 0.1) is 6.92 Å². The minimum atomic E-state index is -4.24. The van der Waals surface area contributed by atoms with Gasteiger partial charge in [-0.1, -0.05) is 77.3 Å². The molecule has 4 rings (SSSR count). The lowest BCUT2D eigenvalue weighted by Crippen LogP contribution is -2.54. The molecule has 8 nitrogen and oxygen atoms in total. The summed E-state index contributed by atoms with van der Waals surface area (Å²) >= 11 is 12.5. The lowest BCUT2D eigenvalue weighted by molar-refractivity contribution is -0.140. The van der Waals surface area contributed by atoms with Crippen LogP contribution >= 0.6 is 23.2 Å².